The van der Waals surface area contributed by atoms with Crippen LogP contribution in [-0.4, -0.2) is 31.3 Å². The first-order valence-electron chi connectivity index (χ1n) is 6.98. The van der Waals surface area contributed by atoms with Crippen molar-refractivity contribution < 1.29 is 28.9 Å². The van der Waals surface area contributed by atoms with E-state index in [0.29, 0.717) is 28.4 Å². The van der Waals surface area contributed by atoms with Gasteiger partial charge in [0.2, 0.25) is 0 Å². The fraction of sp³-hybridized carbons (Fsp3) is 0.111. The van der Waals surface area contributed by atoms with Crippen LogP contribution >= 0.6 is 0 Å². The van der Waals surface area contributed by atoms with Crippen molar-refractivity contribution in [3.05, 3.63) is 59.7 Å². The first kappa shape index (κ1) is 17.1. The van der Waals surface area contributed by atoms with Crippen LogP contribution in [0.25, 0.3) is 6.08 Å². The number of carbonyl (C=O) groups excluding carboxylic acids is 1. The Balaban J connectivity index is 2.10. The monoisotopic (exact) mass is 328 g/mol. The molecule has 0 heterocycles. The average Bonchev–Trinajstić information content (AvgIpc) is 2.60. The molecule has 0 amide bonds. The maximum absolute atomic E-state index is 12.2. The van der Waals surface area contributed by atoms with Crippen LogP contribution in [0.3, 0.4) is 0 Å². The van der Waals surface area contributed by atoms with Crippen LogP contribution in [0.1, 0.15) is 15.9 Å². The summed E-state index contributed by atoms with van der Waals surface area (Å²) in [6, 6.07) is 11.2. The molecule has 6 heteroatoms. The third-order valence-electron chi connectivity index (χ3n) is 3.13. The highest BCUT2D eigenvalue weighted by atomic mass is 16.5. The molecule has 124 valence electrons. The molecule has 6 nitrogen and oxygen atoms in total. The molecule has 0 spiro atoms. The first-order chi connectivity index (χ1) is 11.5. The largest absolute Gasteiger partial charge is 0.493 e. The molecule has 0 aliphatic heterocycles. The lowest BCUT2D eigenvalue weighted by molar-refractivity contribution is -0.131. The lowest BCUT2D eigenvalue weighted by Gasteiger charge is -2.09. The summed E-state index contributed by atoms with van der Waals surface area (Å²) in [4.78, 5) is 22.6. The number of ether oxygens (including phenoxy) is 3. The van der Waals surface area contributed by atoms with Crippen molar-refractivity contribution in [3.8, 4) is 17.2 Å². The topological polar surface area (TPSA) is 82.1 Å². The van der Waals surface area contributed by atoms with Gasteiger partial charge in [-0.05, 0) is 42.0 Å². The standard InChI is InChI=1S/C18H16O6/c1-22-15-9-6-13(11-16(15)23-2)18(21)24-14-7-3-12(4-8-14)5-10-17(19)20/h3-11H,1-2H3,(H,19,20). The van der Waals surface area contributed by atoms with Gasteiger partial charge in [0.05, 0.1) is 19.8 Å². The fourth-order valence-electron chi connectivity index (χ4n) is 1.94. The van der Waals surface area contributed by atoms with E-state index in [0.717, 1.165) is 6.08 Å². The number of esters is 1. The Morgan fingerprint density at radius 2 is 1.62 bits per heavy atom. The van der Waals surface area contributed by atoms with Gasteiger partial charge < -0.3 is 19.3 Å². The van der Waals surface area contributed by atoms with E-state index in [2.05, 4.69) is 0 Å². The quantitative estimate of drug-likeness (QED) is 0.499. The van der Waals surface area contributed by atoms with E-state index < -0.39 is 11.9 Å². The molecule has 2 aromatic carbocycles. The molecule has 2 aromatic rings. The Bertz CT molecular complexity index is 762. The van der Waals surface area contributed by atoms with Crippen molar-refractivity contribution >= 4 is 18.0 Å². The lowest BCUT2D eigenvalue weighted by atomic mass is 10.2. The molecule has 0 aromatic heterocycles. The summed E-state index contributed by atoms with van der Waals surface area (Å²) in [7, 11) is 2.99. The number of hydrogen-bond acceptors (Lipinski definition) is 5. The van der Waals surface area contributed by atoms with Gasteiger partial charge in [0.1, 0.15) is 5.75 Å². The molecule has 0 unspecified atom stereocenters. The third kappa shape index (κ3) is 4.36. The highest BCUT2D eigenvalue weighted by Gasteiger charge is 2.12. The molecule has 1 N–H and O–H groups in total. The summed E-state index contributed by atoms with van der Waals surface area (Å²) in [5, 5.41) is 8.58. The lowest BCUT2D eigenvalue weighted by Crippen LogP contribution is -2.08. The minimum Gasteiger partial charge on any atom is -0.493 e. The number of carbonyl (C=O) groups is 2. The van der Waals surface area contributed by atoms with Gasteiger partial charge in [-0.3, -0.25) is 0 Å². The van der Waals surface area contributed by atoms with Gasteiger partial charge in [0, 0.05) is 6.08 Å². The highest BCUT2D eigenvalue weighted by Crippen LogP contribution is 2.28. The molecule has 0 saturated heterocycles. The highest BCUT2D eigenvalue weighted by molar-refractivity contribution is 5.92. The Morgan fingerprint density at radius 3 is 2.21 bits per heavy atom. The fourth-order valence-corrected chi connectivity index (χ4v) is 1.94. The number of carboxylic acid groups (broad SMARTS) is 1. The summed E-state index contributed by atoms with van der Waals surface area (Å²) in [5.74, 6) is -0.268. The summed E-state index contributed by atoms with van der Waals surface area (Å²) in [6.07, 6.45) is 2.48. The molecule has 0 aliphatic carbocycles. The second-order valence-electron chi connectivity index (χ2n) is 4.70. The SMILES string of the molecule is COc1ccc(C(=O)Oc2ccc(C=CC(=O)O)cc2)cc1OC. The Labute approximate surface area is 138 Å². The van der Waals surface area contributed by atoms with Crippen molar-refractivity contribution in [2.24, 2.45) is 0 Å². The van der Waals surface area contributed by atoms with Crippen LogP contribution < -0.4 is 14.2 Å². The van der Waals surface area contributed by atoms with Crippen molar-refractivity contribution in [1.29, 1.82) is 0 Å². The zero-order valence-corrected chi connectivity index (χ0v) is 13.2. The van der Waals surface area contributed by atoms with Crippen LogP contribution in [0.5, 0.6) is 17.2 Å². The summed E-state index contributed by atoms with van der Waals surface area (Å²) in [5.41, 5.74) is 1.01. The van der Waals surface area contributed by atoms with E-state index >= 15 is 0 Å². The van der Waals surface area contributed by atoms with E-state index in [1.54, 1.807) is 36.4 Å². The number of hydrogen-bond donors (Lipinski definition) is 1. The average molecular weight is 328 g/mol. The number of benzene rings is 2. The maximum atomic E-state index is 12.2. The van der Waals surface area contributed by atoms with E-state index in [4.69, 9.17) is 19.3 Å². The molecular formula is C18H16O6. The normalized spacial score (nSPS) is 10.4. The second-order valence-corrected chi connectivity index (χ2v) is 4.70. The van der Waals surface area contributed by atoms with Crippen LogP contribution in [0.2, 0.25) is 0 Å². The van der Waals surface area contributed by atoms with E-state index in [1.165, 1.54) is 26.4 Å². The van der Waals surface area contributed by atoms with E-state index in [1.807, 2.05) is 0 Å². The molecule has 0 atom stereocenters. The van der Waals surface area contributed by atoms with Crippen LogP contribution in [0, 0.1) is 0 Å². The van der Waals surface area contributed by atoms with Gasteiger partial charge in [-0.1, -0.05) is 12.1 Å². The molecule has 0 aliphatic rings. The molecule has 0 bridgehead atoms. The summed E-state index contributed by atoms with van der Waals surface area (Å²) < 4.78 is 15.5. The molecule has 0 saturated carbocycles. The number of carboxylic acids is 1. The Kier molecular flexibility index (Phi) is 5.57. The number of aliphatic carboxylic acids is 1. The van der Waals surface area contributed by atoms with Gasteiger partial charge in [-0.25, -0.2) is 9.59 Å². The number of rotatable bonds is 6. The van der Waals surface area contributed by atoms with Crippen LogP contribution in [0.4, 0.5) is 0 Å². The van der Waals surface area contributed by atoms with Crippen molar-refractivity contribution in [2.75, 3.05) is 14.2 Å². The molecule has 0 fully saturated rings. The maximum Gasteiger partial charge on any atom is 0.343 e. The van der Waals surface area contributed by atoms with Crippen molar-refractivity contribution in [3.63, 3.8) is 0 Å². The predicted octanol–water partition coefficient (Wildman–Crippen LogP) is 3.02. The third-order valence-corrected chi connectivity index (χ3v) is 3.13. The zero-order valence-electron chi connectivity index (χ0n) is 13.2. The molecular weight excluding hydrogens is 312 g/mol. The molecule has 2 rings (SSSR count). The predicted molar refractivity (Wildman–Crippen MR) is 87.6 cm³/mol. The minimum absolute atomic E-state index is 0.322. The van der Waals surface area contributed by atoms with Crippen LogP contribution in [0.15, 0.2) is 48.5 Å². The Hall–Kier alpha value is -3.28. The minimum atomic E-state index is -1.03. The second kappa shape index (κ2) is 7.82. The number of methoxy groups -OCH3 is 2. The van der Waals surface area contributed by atoms with Crippen LogP contribution in [-0.2, 0) is 4.79 Å². The summed E-state index contributed by atoms with van der Waals surface area (Å²) >= 11 is 0. The Morgan fingerprint density at radius 1 is 0.958 bits per heavy atom. The van der Waals surface area contributed by atoms with Crippen molar-refractivity contribution in [2.45, 2.75) is 0 Å². The van der Waals surface area contributed by atoms with Gasteiger partial charge >= 0.3 is 11.9 Å². The summed E-state index contributed by atoms with van der Waals surface area (Å²) in [6.45, 7) is 0. The van der Waals surface area contributed by atoms with Gasteiger partial charge in [0.15, 0.2) is 11.5 Å². The van der Waals surface area contributed by atoms with Gasteiger partial charge in [0.25, 0.3) is 0 Å². The molecule has 0 radical (unpaired) electrons. The van der Waals surface area contributed by atoms with E-state index in [-0.39, 0.29) is 0 Å². The smallest absolute Gasteiger partial charge is 0.343 e. The van der Waals surface area contributed by atoms with E-state index in [9.17, 15) is 9.59 Å². The van der Waals surface area contributed by atoms with Gasteiger partial charge in [-0.15, -0.1) is 0 Å². The van der Waals surface area contributed by atoms with Crippen molar-refractivity contribution in [1.82, 2.24) is 0 Å². The molecule has 24 heavy (non-hydrogen) atoms. The first-order valence-corrected chi connectivity index (χ1v) is 6.98. The zero-order chi connectivity index (χ0) is 17.5. The van der Waals surface area contributed by atoms with Gasteiger partial charge in [-0.2, -0.15) is 0 Å².